The summed E-state index contributed by atoms with van der Waals surface area (Å²) in [4.78, 5) is 0. The molecular formula is C12H5Br6N. The van der Waals surface area contributed by atoms with Crippen LogP contribution in [0.5, 0.6) is 0 Å². The topological polar surface area (TPSA) is 3.24 Å². The fourth-order valence-electron chi connectivity index (χ4n) is 1.45. The molecule has 2 aromatic rings. The number of hydrogen-bond acceptors (Lipinski definition) is 1. The zero-order chi connectivity index (χ0) is 14.2. The second-order valence-electron chi connectivity index (χ2n) is 3.53. The first-order valence-electron chi connectivity index (χ1n) is 4.97. The number of nitrogens with zero attached hydrogens (tertiary/aromatic N) is 1. The van der Waals surface area contributed by atoms with E-state index in [0.717, 1.165) is 33.7 Å². The SMILES string of the molecule is Brc1c(Br)c(Br)c(N(Br)c2ccccc2)c(Br)c1Br. The van der Waals surface area contributed by atoms with Crippen LogP contribution in [0, 0.1) is 0 Å². The molecule has 0 aliphatic heterocycles. The highest BCUT2D eigenvalue weighted by atomic mass is 79.9. The van der Waals surface area contributed by atoms with Crippen molar-refractivity contribution >= 4 is 107 Å². The first-order valence-corrected chi connectivity index (χ1v) is 9.65. The van der Waals surface area contributed by atoms with Gasteiger partial charge >= 0.3 is 0 Å². The summed E-state index contributed by atoms with van der Waals surface area (Å²) in [5, 5.41) is 0. The lowest BCUT2D eigenvalue weighted by Crippen LogP contribution is -2.04. The molecule has 0 bridgehead atoms. The van der Waals surface area contributed by atoms with Crippen molar-refractivity contribution in [1.82, 2.24) is 0 Å². The molecule has 0 aliphatic carbocycles. The Morgan fingerprint density at radius 1 is 0.632 bits per heavy atom. The standard InChI is InChI=1S/C12H5Br6N/c13-7-8(14)10(16)12(11(17)9(7)15)19(18)6-4-2-1-3-5-6/h1-5H. The van der Waals surface area contributed by atoms with Gasteiger partial charge in [-0.25, -0.2) is 0 Å². The predicted molar refractivity (Wildman–Crippen MR) is 102 cm³/mol. The van der Waals surface area contributed by atoms with Crippen molar-refractivity contribution in [2.45, 2.75) is 0 Å². The molecule has 0 saturated carbocycles. The number of hydrogen-bond donors (Lipinski definition) is 0. The van der Waals surface area contributed by atoms with Crippen LogP contribution >= 0.6 is 95.8 Å². The molecule has 0 aliphatic rings. The van der Waals surface area contributed by atoms with Crippen LogP contribution in [-0.4, -0.2) is 0 Å². The first kappa shape index (κ1) is 16.5. The third-order valence-corrected chi connectivity index (χ3v) is 9.18. The highest BCUT2D eigenvalue weighted by Gasteiger charge is 2.21. The van der Waals surface area contributed by atoms with E-state index >= 15 is 0 Å². The maximum atomic E-state index is 3.61. The smallest absolute Gasteiger partial charge is 0.0833 e. The van der Waals surface area contributed by atoms with Crippen LogP contribution in [0.3, 0.4) is 0 Å². The number of benzene rings is 2. The van der Waals surface area contributed by atoms with Gasteiger partial charge in [0, 0.05) is 13.4 Å². The average Bonchev–Trinajstić information content (AvgIpc) is 2.44. The molecule has 0 unspecified atom stereocenters. The van der Waals surface area contributed by atoms with Crippen molar-refractivity contribution < 1.29 is 0 Å². The molecule has 0 amide bonds. The Balaban J connectivity index is 2.64. The molecule has 0 N–H and O–H groups in total. The zero-order valence-corrected chi connectivity index (χ0v) is 18.6. The molecule has 1 nitrogen and oxygen atoms in total. The second-order valence-corrected chi connectivity index (χ2v) is 8.21. The van der Waals surface area contributed by atoms with Crippen molar-refractivity contribution in [1.29, 1.82) is 0 Å². The minimum atomic E-state index is 0.940. The molecule has 0 spiro atoms. The lowest BCUT2D eigenvalue weighted by Gasteiger charge is -2.22. The normalized spacial score (nSPS) is 10.6. The van der Waals surface area contributed by atoms with Crippen LogP contribution in [0.2, 0.25) is 0 Å². The molecule has 7 heteroatoms. The lowest BCUT2D eigenvalue weighted by molar-refractivity contribution is 1.36. The van der Waals surface area contributed by atoms with Gasteiger partial charge in [-0.15, -0.1) is 0 Å². The zero-order valence-electron chi connectivity index (χ0n) is 9.10. The third kappa shape index (κ3) is 3.31. The Kier molecular flexibility index (Phi) is 6.01. The van der Waals surface area contributed by atoms with E-state index < -0.39 is 0 Å². The Labute approximate surface area is 162 Å². The summed E-state index contributed by atoms with van der Waals surface area (Å²) in [6.07, 6.45) is 0. The van der Waals surface area contributed by atoms with Gasteiger partial charge in [0.1, 0.15) is 0 Å². The highest BCUT2D eigenvalue weighted by molar-refractivity contribution is 9.16. The first-order chi connectivity index (χ1) is 8.95. The monoisotopic (exact) mass is 637 g/mol. The number of rotatable bonds is 2. The van der Waals surface area contributed by atoms with Gasteiger partial charge in [0.05, 0.1) is 36.5 Å². The van der Waals surface area contributed by atoms with E-state index in [1.807, 2.05) is 34.3 Å². The Bertz CT molecular complexity index is 584. The quantitative estimate of drug-likeness (QED) is 0.183. The summed E-state index contributed by atoms with van der Waals surface area (Å²) >= 11 is 21.5. The van der Waals surface area contributed by atoms with Gasteiger partial charge in [-0.1, -0.05) is 18.2 Å². The number of halogens is 6. The molecule has 0 aromatic heterocycles. The van der Waals surface area contributed by atoms with Crippen molar-refractivity contribution in [2.24, 2.45) is 0 Å². The molecule has 0 heterocycles. The molecule has 0 atom stereocenters. The summed E-state index contributed by atoms with van der Waals surface area (Å²) in [7, 11) is 0. The van der Waals surface area contributed by atoms with E-state index in [9.17, 15) is 0 Å². The maximum absolute atomic E-state index is 3.61. The summed E-state index contributed by atoms with van der Waals surface area (Å²) < 4.78 is 6.65. The molecule has 0 saturated heterocycles. The van der Waals surface area contributed by atoms with Crippen LogP contribution < -0.4 is 3.93 Å². The molecule has 2 aromatic carbocycles. The largest absolute Gasteiger partial charge is 0.275 e. The van der Waals surface area contributed by atoms with Crippen molar-refractivity contribution in [3.05, 3.63) is 52.7 Å². The molecule has 0 fully saturated rings. The molecule has 2 rings (SSSR count). The van der Waals surface area contributed by atoms with Gasteiger partial charge in [-0.2, -0.15) is 0 Å². The van der Waals surface area contributed by atoms with Gasteiger partial charge in [-0.05, 0) is 91.8 Å². The minimum Gasteiger partial charge on any atom is -0.275 e. The summed E-state index contributed by atoms with van der Waals surface area (Å²) in [5.41, 5.74) is 2.00. The van der Waals surface area contributed by atoms with Crippen LogP contribution in [0.15, 0.2) is 52.7 Å². The van der Waals surface area contributed by atoms with Gasteiger partial charge in [-0.3, -0.25) is 3.93 Å². The fraction of sp³-hybridized carbons (Fsp3) is 0. The van der Waals surface area contributed by atoms with Crippen LogP contribution in [0.4, 0.5) is 11.4 Å². The maximum Gasteiger partial charge on any atom is 0.0833 e. The van der Waals surface area contributed by atoms with Crippen molar-refractivity contribution in [3.8, 4) is 0 Å². The molecule has 100 valence electrons. The van der Waals surface area contributed by atoms with Gasteiger partial charge in [0.15, 0.2) is 0 Å². The van der Waals surface area contributed by atoms with Crippen molar-refractivity contribution in [2.75, 3.05) is 3.93 Å². The highest BCUT2D eigenvalue weighted by Crippen LogP contribution is 2.51. The van der Waals surface area contributed by atoms with E-state index in [-0.39, 0.29) is 0 Å². The molecular weight excluding hydrogens is 638 g/mol. The van der Waals surface area contributed by atoms with E-state index in [1.54, 1.807) is 0 Å². The predicted octanol–water partition coefficient (Wildman–Crippen LogP) is 7.95. The van der Waals surface area contributed by atoms with Gasteiger partial charge in [0.25, 0.3) is 0 Å². The Morgan fingerprint density at radius 3 is 1.53 bits per heavy atom. The Hall–Kier alpha value is 1.12. The van der Waals surface area contributed by atoms with Crippen molar-refractivity contribution in [3.63, 3.8) is 0 Å². The van der Waals surface area contributed by atoms with Crippen LogP contribution in [-0.2, 0) is 0 Å². The van der Waals surface area contributed by atoms with E-state index in [4.69, 9.17) is 0 Å². The summed E-state index contributed by atoms with van der Waals surface area (Å²) in [5.74, 6) is 0. The van der Waals surface area contributed by atoms with E-state index in [0.29, 0.717) is 0 Å². The molecule has 19 heavy (non-hydrogen) atoms. The van der Waals surface area contributed by atoms with E-state index in [1.165, 1.54) is 0 Å². The fourth-order valence-corrected chi connectivity index (χ4v) is 5.90. The van der Waals surface area contributed by atoms with Gasteiger partial charge < -0.3 is 0 Å². The van der Waals surface area contributed by atoms with Crippen LogP contribution in [0.25, 0.3) is 0 Å². The lowest BCUT2D eigenvalue weighted by atomic mass is 10.2. The Morgan fingerprint density at radius 2 is 1.05 bits per heavy atom. The number of anilines is 2. The van der Waals surface area contributed by atoms with E-state index in [2.05, 4.69) is 95.8 Å². The minimum absolute atomic E-state index is 0.940. The van der Waals surface area contributed by atoms with Gasteiger partial charge in [0.2, 0.25) is 0 Å². The molecule has 0 radical (unpaired) electrons. The third-order valence-electron chi connectivity index (χ3n) is 2.37. The summed E-state index contributed by atoms with van der Waals surface area (Å²) in [6, 6.07) is 10.0. The second kappa shape index (κ2) is 6.92. The van der Waals surface area contributed by atoms with Crippen LogP contribution in [0.1, 0.15) is 0 Å². The number of para-hydroxylation sites is 1. The average molecular weight is 643 g/mol. The summed E-state index contributed by atoms with van der Waals surface area (Å²) in [6.45, 7) is 0.